The van der Waals surface area contributed by atoms with Crippen molar-refractivity contribution in [2.24, 2.45) is 0 Å². The molecule has 0 aromatic carbocycles. The largest absolute Gasteiger partial charge is 0.431 e. The summed E-state index contributed by atoms with van der Waals surface area (Å²) in [5.74, 6) is -0.431. The van der Waals surface area contributed by atoms with Gasteiger partial charge >= 0.3 is 17.4 Å². The number of aromatic nitrogens is 5. The summed E-state index contributed by atoms with van der Waals surface area (Å²) in [6.45, 7) is 0. The summed E-state index contributed by atoms with van der Waals surface area (Å²) in [7, 11) is 1.46. The molecule has 3 N–H and O–H groups in total. The molecule has 12 heteroatoms. The molecule has 0 aliphatic heterocycles. The van der Waals surface area contributed by atoms with Gasteiger partial charge in [0.2, 0.25) is 5.65 Å². The summed E-state index contributed by atoms with van der Waals surface area (Å²) in [4.78, 5) is 46.0. The number of carbonyl (C=O) groups is 1. The minimum Gasteiger partial charge on any atom is -0.355 e. The Balaban J connectivity index is 2.07. The molecule has 0 saturated heterocycles. The number of hydrogen-bond donors (Lipinski definition) is 3. The van der Waals surface area contributed by atoms with Crippen LogP contribution in [0.5, 0.6) is 0 Å². The number of nitrogens with zero attached hydrogens (tertiary/aromatic N) is 3. The summed E-state index contributed by atoms with van der Waals surface area (Å²) in [6, 6.07) is 8.13. The molecule has 4 aromatic rings. The van der Waals surface area contributed by atoms with Crippen LogP contribution < -0.4 is 21.0 Å². The number of H-pyrrole nitrogens is 2. The van der Waals surface area contributed by atoms with E-state index in [-0.39, 0.29) is 23.0 Å². The van der Waals surface area contributed by atoms with Gasteiger partial charge in [0.05, 0.1) is 6.20 Å². The summed E-state index contributed by atoms with van der Waals surface area (Å²) in [6.07, 6.45) is -2.00. The molecule has 0 radical (unpaired) electrons. The summed E-state index contributed by atoms with van der Waals surface area (Å²) >= 11 is 0. The average molecular weight is 431 g/mol. The molecular weight excluding hydrogens is 417 g/mol. The minimum atomic E-state index is -4.89. The van der Waals surface area contributed by atoms with E-state index in [1.165, 1.54) is 36.0 Å². The van der Waals surface area contributed by atoms with Gasteiger partial charge < -0.3 is 5.32 Å². The fourth-order valence-electron chi connectivity index (χ4n) is 3.13. The first kappa shape index (κ1) is 20.1. The molecule has 4 heterocycles. The van der Waals surface area contributed by atoms with Crippen LogP contribution in [-0.4, -0.2) is 32.5 Å². The van der Waals surface area contributed by atoms with Crippen LogP contribution in [-0.2, 0) is 6.18 Å². The molecule has 9 nitrogen and oxygen atoms in total. The Kier molecular flexibility index (Phi) is 4.68. The van der Waals surface area contributed by atoms with Crippen LogP contribution in [0, 0.1) is 0 Å². The van der Waals surface area contributed by atoms with Crippen molar-refractivity contribution >= 4 is 11.6 Å². The van der Waals surface area contributed by atoms with E-state index in [1.807, 2.05) is 0 Å². The lowest BCUT2D eigenvalue weighted by Gasteiger charge is -2.06. The second kappa shape index (κ2) is 7.23. The molecule has 31 heavy (non-hydrogen) atoms. The zero-order valence-electron chi connectivity index (χ0n) is 15.8. The van der Waals surface area contributed by atoms with E-state index in [0.29, 0.717) is 22.0 Å². The van der Waals surface area contributed by atoms with Crippen molar-refractivity contribution in [2.45, 2.75) is 6.18 Å². The molecule has 0 unspecified atom stereocenters. The SMILES string of the molecule is CNC(=O)c1cc[n+]2c(-n3c(=O)cc(C(F)(F)F)[nH]c3=O)c(-c3ccccn3)[nH]c2c1. The van der Waals surface area contributed by atoms with Gasteiger partial charge in [-0.1, -0.05) is 6.07 Å². The molecular formula is C19H14F3N6O3+. The van der Waals surface area contributed by atoms with E-state index in [4.69, 9.17) is 0 Å². The Morgan fingerprint density at radius 3 is 2.55 bits per heavy atom. The third-order valence-electron chi connectivity index (χ3n) is 4.52. The quantitative estimate of drug-likeness (QED) is 0.420. The molecule has 4 aromatic heterocycles. The van der Waals surface area contributed by atoms with Gasteiger partial charge in [0.25, 0.3) is 11.7 Å². The maximum Gasteiger partial charge on any atom is 0.431 e. The lowest BCUT2D eigenvalue weighted by Crippen LogP contribution is -2.41. The van der Waals surface area contributed by atoms with Crippen molar-refractivity contribution in [1.29, 1.82) is 0 Å². The predicted molar refractivity (Wildman–Crippen MR) is 102 cm³/mol. The van der Waals surface area contributed by atoms with E-state index in [9.17, 15) is 27.6 Å². The number of nitrogens with one attached hydrogen (secondary N) is 3. The smallest absolute Gasteiger partial charge is 0.355 e. The minimum absolute atomic E-state index is 0.0582. The summed E-state index contributed by atoms with van der Waals surface area (Å²) in [5.41, 5.74) is -2.79. The molecule has 0 bridgehead atoms. The second-order valence-electron chi connectivity index (χ2n) is 6.45. The third-order valence-corrected chi connectivity index (χ3v) is 4.52. The lowest BCUT2D eigenvalue weighted by molar-refractivity contribution is -0.504. The Bertz CT molecular complexity index is 1390. The van der Waals surface area contributed by atoms with Gasteiger partial charge in [0.1, 0.15) is 11.4 Å². The van der Waals surface area contributed by atoms with Crippen molar-refractivity contribution in [3.05, 3.63) is 80.9 Å². The highest BCUT2D eigenvalue weighted by Crippen LogP contribution is 2.26. The van der Waals surface area contributed by atoms with Crippen LogP contribution in [0.1, 0.15) is 16.1 Å². The van der Waals surface area contributed by atoms with Crippen LogP contribution in [0.4, 0.5) is 13.2 Å². The number of fused-ring (bicyclic) bond motifs is 1. The molecule has 0 aliphatic carbocycles. The summed E-state index contributed by atoms with van der Waals surface area (Å²) < 4.78 is 40.9. The number of amides is 1. The summed E-state index contributed by atoms with van der Waals surface area (Å²) in [5, 5.41) is 2.48. The van der Waals surface area contributed by atoms with Gasteiger partial charge in [0, 0.05) is 30.9 Å². The molecule has 1 amide bonds. The zero-order valence-corrected chi connectivity index (χ0v) is 15.8. The Hall–Kier alpha value is -4.22. The van der Waals surface area contributed by atoms with E-state index in [1.54, 1.807) is 23.2 Å². The van der Waals surface area contributed by atoms with Crippen molar-refractivity contribution in [1.82, 2.24) is 24.8 Å². The number of alkyl halides is 3. The second-order valence-corrected chi connectivity index (χ2v) is 6.45. The van der Waals surface area contributed by atoms with Gasteiger partial charge in [-0.05, 0) is 18.2 Å². The maximum atomic E-state index is 13.0. The van der Waals surface area contributed by atoms with Gasteiger partial charge in [-0.3, -0.25) is 24.5 Å². The molecule has 0 spiro atoms. The third kappa shape index (κ3) is 3.47. The first-order valence-electron chi connectivity index (χ1n) is 8.85. The Morgan fingerprint density at radius 1 is 1.16 bits per heavy atom. The molecule has 0 saturated carbocycles. The number of halogens is 3. The van der Waals surface area contributed by atoms with Crippen molar-refractivity contribution in [2.75, 3.05) is 7.05 Å². The van der Waals surface area contributed by atoms with Crippen molar-refractivity contribution < 1.29 is 22.4 Å². The molecule has 4 rings (SSSR count). The van der Waals surface area contributed by atoms with Crippen LogP contribution >= 0.6 is 0 Å². The first-order valence-corrected chi connectivity index (χ1v) is 8.85. The van der Waals surface area contributed by atoms with E-state index < -0.39 is 23.1 Å². The highest BCUT2D eigenvalue weighted by atomic mass is 19.4. The normalized spacial score (nSPS) is 11.6. The Morgan fingerprint density at radius 2 is 1.94 bits per heavy atom. The molecule has 0 atom stereocenters. The zero-order chi connectivity index (χ0) is 22.3. The fraction of sp³-hybridized carbons (Fsp3) is 0.105. The monoisotopic (exact) mass is 431 g/mol. The molecule has 158 valence electrons. The van der Waals surface area contributed by atoms with Gasteiger partial charge in [-0.25, -0.2) is 9.20 Å². The highest BCUT2D eigenvalue weighted by molar-refractivity contribution is 5.94. The number of pyridine rings is 2. The fourth-order valence-corrected chi connectivity index (χ4v) is 3.13. The van der Waals surface area contributed by atoms with Crippen molar-refractivity contribution in [3.8, 4) is 17.2 Å². The predicted octanol–water partition coefficient (Wildman–Crippen LogP) is 1.03. The topological polar surface area (TPSA) is 117 Å². The van der Waals surface area contributed by atoms with E-state index in [0.717, 1.165) is 0 Å². The Labute approximate surface area is 170 Å². The number of rotatable bonds is 3. The van der Waals surface area contributed by atoms with Gasteiger partial charge in [0.15, 0.2) is 5.69 Å². The standard InChI is InChI=1S/C19H13F3N6O3/c1-23-16(30)10-5-7-27-13(8-10)26-15(11-4-2-3-6-24-11)17(27)28-14(29)9-12(19(20,21)22)25-18(28)31/h2-9H,1H3,(H2,23,25,29,30,31)/p+1. The van der Waals surface area contributed by atoms with Crippen LogP contribution in [0.3, 0.4) is 0 Å². The molecule has 0 fully saturated rings. The van der Waals surface area contributed by atoms with Crippen LogP contribution in [0.25, 0.3) is 22.9 Å². The van der Waals surface area contributed by atoms with E-state index >= 15 is 0 Å². The first-order chi connectivity index (χ1) is 14.7. The van der Waals surface area contributed by atoms with Gasteiger partial charge in [-0.15, -0.1) is 4.57 Å². The number of hydrogen-bond acceptors (Lipinski definition) is 4. The number of aromatic amines is 2. The van der Waals surface area contributed by atoms with Crippen LogP contribution in [0.15, 0.2) is 58.4 Å². The highest BCUT2D eigenvalue weighted by Gasteiger charge is 2.35. The maximum absolute atomic E-state index is 13.0. The van der Waals surface area contributed by atoms with Gasteiger partial charge in [-0.2, -0.15) is 13.2 Å². The number of carbonyl (C=O) groups excluding carboxylic acids is 1. The van der Waals surface area contributed by atoms with Crippen LogP contribution in [0.2, 0.25) is 0 Å². The number of imidazole rings is 1. The average Bonchev–Trinajstić information content (AvgIpc) is 3.11. The lowest BCUT2D eigenvalue weighted by atomic mass is 10.2. The molecule has 0 aliphatic rings. The van der Waals surface area contributed by atoms with Crippen molar-refractivity contribution in [3.63, 3.8) is 0 Å². The van der Waals surface area contributed by atoms with E-state index in [2.05, 4.69) is 15.3 Å².